The Balaban J connectivity index is 0.712. The predicted molar refractivity (Wildman–Crippen MR) is 243 cm³/mol. The van der Waals surface area contributed by atoms with Gasteiger partial charge in [0.15, 0.2) is 11.3 Å². The zero-order valence-corrected chi connectivity index (χ0v) is 37.4. The van der Waals surface area contributed by atoms with Gasteiger partial charge in [-0.3, -0.25) is 19.2 Å². The van der Waals surface area contributed by atoms with E-state index in [1.54, 1.807) is 27.6 Å². The zero-order chi connectivity index (χ0) is 45.1. The Morgan fingerprint density at radius 3 is 1.85 bits per heavy atom. The Bertz CT molecular complexity index is 3040. The fraction of sp³-hybridized carbons (Fsp3) is 0.440. The summed E-state index contributed by atoms with van der Waals surface area (Å²) in [5.74, 6) is 1.55. The van der Waals surface area contributed by atoms with Crippen LogP contribution in [0.1, 0.15) is 125 Å². The Morgan fingerprint density at radius 2 is 1.29 bits per heavy atom. The van der Waals surface area contributed by atoms with Gasteiger partial charge in [0, 0.05) is 96.9 Å². The molecule has 16 heteroatoms. The van der Waals surface area contributed by atoms with Crippen LogP contribution < -0.4 is 25.4 Å². The van der Waals surface area contributed by atoms with E-state index in [1.807, 2.05) is 30.0 Å². The molecule has 6 aliphatic rings. The first-order valence-electron chi connectivity index (χ1n) is 23.4. The minimum atomic E-state index is -0.659. The van der Waals surface area contributed by atoms with Crippen LogP contribution in [0.2, 0.25) is 0 Å². The van der Waals surface area contributed by atoms with Gasteiger partial charge < -0.3 is 30.3 Å². The third-order valence-corrected chi connectivity index (χ3v) is 14.3. The summed E-state index contributed by atoms with van der Waals surface area (Å²) in [5.41, 5.74) is 7.93. The minimum Gasteiger partial charge on any atom is -0.487 e. The maximum atomic E-state index is 14.0. The number of likely N-dealkylation sites (tertiary alicyclic amines) is 1. The van der Waals surface area contributed by atoms with E-state index in [-0.39, 0.29) is 41.1 Å². The summed E-state index contributed by atoms with van der Waals surface area (Å²) in [6.07, 6.45) is 14.7. The molecule has 4 amide bonds. The number of nitrogens with zero attached hydrogens (tertiary/aromatic N) is 7. The molecule has 16 nitrogen and oxygen atoms in total. The molecule has 6 aromatic rings. The normalized spacial score (nSPS) is 22.9. The van der Waals surface area contributed by atoms with Gasteiger partial charge in [-0.2, -0.15) is 10.2 Å². The van der Waals surface area contributed by atoms with Gasteiger partial charge >= 0.3 is 0 Å². The van der Waals surface area contributed by atoms with Gasteiger partial charge in [0.1, 0.15) is 33.8 Å². The second-order valence-corrected chi connectivity index (χ2v) is 20.2. The predicted octanol–water partition coefficient (Wildman–Crippen LogP) is 6.21. The molecule has 0 bridgehead atoms. The van der Waals surface area contributed by atoms with E-state index in [2.05, 4.69) is 58.2 Å². The molecule has 2 aromatic carbocycles. The Morgan fingerprint density at radius 1 is 0.727 bits per heavy atom. The highest BCUT2D eigenvalue weighted by atomic mass is 16.5. The number of hydrogen-bond acceptors (Lipinski definition) is 10. The van der Waals surface area contributed by atoms with E-state index in [9.17, 15) is 19.2 Å². The molecule has 3 N–H and O–H groups in total. The fourth-order valence-electron chi connectivity index (χ4n) is 10.7. The number of aromatic nitrogens is 6. The summed E-state index contributed by atoms with van der Waals surface area (Å²) < 4.78 is 16.1. The third kappa shape index (κ3) is 7.49. The second kappa shape index (κ2) is 15.1. The molecule has 2 saturated carbocycles. The van der Waals surface area contributed by atoms with E-state index < -0.39 is 5.60 Å². The number of fused-ring (bicyclic) bond motifs is 4. The highest BCUT2D eigenvalue weighted by Gasteiger charge is 2.43. The van der Waals surface area contributed by atoms with Crippen molar-refractivity contribution < 1.29 is 28.7 Å². The molecule has 4 aliphatic heterocycles. The van der Waals surface area contributed by atoms with Crippen molar-refractivity contribution in [1.29, 1.82) is 0 Å². The first-order chi connectivity index (χ1) is 31.8. The Labute approximate surface area is 380 Å². The molecular formula is C50H52N10O6. The Hall–Kier alpha value is -6.84. The van der Waals surface area contributed by atoms with Crippen LogP contribution in [0, 0.1) is 11.8 Å². The van der Waals surface area contributed by atoms with Crippen molar-refractivity contribution >= 4 is 46.3 Å². The number of nitrogens with one attached hydrogen (secondary N) is 3. The number of carbonyl (C=O) groups excluding carboxylic acids is 4. The van der Waals surface area contributed by atoms with Crippen LogP contribution in [0.5, 0.6) is 11.5 Å². The molecule has 4 aromatic heterocycles. The van der Waals surface area contributed by atoms with Crippen molar-refractivity contribution in [2.75, 3.05) is 30.3 Å². The highest BCUT2D eigenvalue weighted by Crippen LogP contribution is 2.50. The Kier molecular flexibility index (Phi) is 9.30. The number of carbonyl (C=O) groups is 4. The quantitative estimate of drug-likeness (QED) is 0.128. The van der Waals surface area contributed by atoms with Crippen LogP contribution >= 0.6 is 0 Å². The summed E-state index contributed by atoms with van der Waals surface area (Å²) >= 11 is 0. The molecule has 4 fully saturated rings. The van der Waals surface area contributed by atoms with Gasteiger partial charge in [-0.15, -0.1) is 0 Å². The number of anilines is 2. The summed E-state index contributed by atoms with van der Waals surface area (Å²) in [4.78, 5) is 65.6. The SMILES string of the molecule is CC1(C)Cc2cc(NC(=O)c3cnn4ccc(C[C@@H]5CCN(CC6(C)Cc7cc(NC(=O)c8cnn9ccc(C[C@H]%10CCNC%10=O)nc89)c(C8CC8)cc7O6)C5=O)nc34)c(C3CC3)cc2O1. The molecule has 338 valence electrons. The standard InChI is InChI=1S/C50H52N10O6/c1-49(2)22-31-18-39(35(27-4-5-27)20-41(31)65-49)56-46(62)38-25-53-60-15-11-34(55-44(38)60)17-30-9-13-58(48(30)64)26-50(3)23-32-19-40(36(28-6-7-28)21-42(32)66-50)57-47(63)37-24-52-59-14-10-33(54-43(37)59)16-29-8-12-51-45(29)61/h10-11,14-15,18-21,24-25,27-30H,4-9,12-13,16-17,22-23,26H2,1-3H3,(H,51,61)(H,56,62)(H,57,63)/t29-,30+,50?/m1/s1. The highest BCUT2D eigenvalue weighted by molar-refractivity contribution is 6.09. The number of ether oxygens (including phenoxy) is 2. The summed E-state index contributed by atoms with van der Waals surface area (Å²) in [6.45, 7) is 7.90. The van der Waals surface area contributed by atoms with Gasteiger partial charge in [0.2, 0.25) is 11.8 Å². The number of benzene rings is 2. The summed E-state index contributed by atoms with van der Waals surface area (Å²) in [5, 5.41) is 18.1. The van der Waals surface area contributed by atoms with Gasteiger partial charge in [-0.25, -0.2) is 19.0 Å². The van der Waals surface area contributed by atoms with E-state index in [0.29, 0.717) is 79.6 Å². The van der Waals surface area contributed by atoms with E-state index >= 15 is 0 Å². The molecule has 8 heterocycles. The smallest absolute Gasteiger partial charge is 0.261 e. The molecule has 3 atom stereocenters. The van der Waals surface area contributed by atoms with Crippen molar-refractivity contribution in [3.8, 4) is 11.5 Å². The molecule has 12 rings (SSSR count). The van der Waals surface area contributed by atoms with Crippen molar-refractivity contribution in [2.45, 2.75) is 108 Å². The average Bonchev–Trinajstić information content (AvgIpc) is 4.04. The third-order valence-electron chi connectivity index (χ3n) is 14.3. The number of hydrogen-bond donors (Lipinski definition) is 3. The lowest BCUT2D eigenvalue weighted by Gasteiger charge is -2.29. The van der Waals surface area contributed by atoms with Crippen LogP contribution in [0.15, 0.2) is 61.2 Å². The van der Waals surface area contributed by atoms with E-state index in [1.165, 1.54) is 6.20 Å². The lowest BCUT2D eigenvalue weighted by Crippen LogP contribution is -2.45. The second-order valence-electron chi connectivity index (χ2n) is 20.2. The van der Waals surface area contributed by atoms with Crippen LogP contribution in [0.4, 0.5) is 11.4 Å². The van der Waals surface area contributed by atoms with Crippen LogP contribution in [0.25, 0.3) is 11.3 Å². The lowest BCUT2D eigenvalue weighted by atomic mass is 9.96. The van der Waals surface area contributed by atoms with Gasteiger partial charge in [0.25, 0.3) is 11.8 Å². The van der Waals surface area contributed by atoms with Gasteiger partial charge in [-0.1, -0.05) is 0 Å². The number of amides is 4. The van der Waals surface area contributed by atoms with Crippen molar-refractivity contribution in [2.24, 2.45) is 11.8 Å². The van der Waals surface area contributed by atoms with Crippen molar-refractivity contribution in [3.05, 3.63) is 106 Å². The van der Waals surface area contributed by atoms with Crippen molar-refractivity contribution in [1.82, 2.24) is 39.4 Å². The summed E-state index contributed by atoms with van der Waals surface area (Å²) in [6, 6.07) is 12.0. The molecule has 1 unspecified atom stereocenters. The largest absolute Gasteiger partial charge is 0.487 e. The van der Waals surface area contributed by atoms with Crippen LogP contribution in [0.3, 0.4) is 0 Å². The first-order valence-corrected chi connectivity index (χ1v) is 23.4. The lowest BCUT2D eigenvalue weighted by molar-refractivity contribution is -0.133. The van der Waals surface area contributed by atoms with Crippen LogP contribution in [-0.2, 0) is 35.3 Å². The molecule has 2 aliphatic carbocycles. The summed E-state index contributed by atoms with van der Waals surface area (Å²) in [7, 11) is 0. The monoisotopic (exact) mass is 888 g/mol. The maximum absolute atomic E-state index is 14.0. The molecule has 0 spiro atoms. The van der Waals surface area contributed by atoms with Crippen LogP contribution in [-0.4, -0.2) is 88.6 Å². The van der Waals surface area contributed by atoms with E-state index in [4.69, 9.17) is 19.4 Å². The molecule has 2 saturated heterocycles. The molecule has 0 radical (unpaired) electrons. The maximum Gasteiger partial charge on any atom is 0.261 e. The van der Waals surface area contributed by atoms with Gasteiger partial charge in [0.05, 0.1) is 18.9 Å². The fourth-order valence-corrected chi connectivity index (χ4v) is 10.7. The average molecular weight is 889 g/mol. The first kappa shape index (κ1) is 40.7. The minimum absolute atomic E-state index is 0.0361. The molecule has 66 heavy (non-hydrogen) atoms. The topological polar surface area (TPSA) is 186 Å². The van der Waals surface area contributed by atoms with E-state index in [0.717, 1.165) is 95.0 Å². The molecular weight excluding hydrogens is 837 g/mol. The number of rotatable bonds is 12. The zero-order valence-electron chi connectivity index (χ0n) is 37.4. The van der Waals surface area contributed by atoms with Gasteiger partial charge in [-0.05, 0) is 119 Å². The van der Waals surface area contributed by atoms with Crippen molar-refractivity contribution in [3.63, 3.8) is 0 Å².